The molecule has 114 valence electrons. The number of hydrogen-bond acceptors (Lipinski definition) is 3. The van der Waals surface area contributed by atoms with Crippen LogP contribution in [-0.4, -0.2) is 22.5 Å². The highest BCUT2D eigenvalue weighted by atomic mass is 35.5. The van der Waals surface area contributed by atoms with Gasteiger partial charge in [0.05, 0.1) is 11.9 Å². The summed E-state index contributed by atoms with van der Waals surface area (Å²) in [4.78, 5) is 11.8. The van der Waals surface area contributed by atoms with Gasteiger partial charge in [-0.05, 0) is 12.8 Å². The maximum absolute atomic E-state index is 12.0. The standard InChI is InChI=1S/C12H17ClF3N3O/c1-2-3-7-19-11(20)10(13)9(8-18-19)17-6-4-5-12(14,15)16/h8,17H,2-7H2,1H3. The number of aryl methyl sites for hydroxylation is 1. The molecule has 0 aliphatic heterocycles. The Morgan fingerprint density at radius 1 is 1.40 bits per heavy atom. The van der Waals surface area contributed by atoms with Crippen LogP contribution in [0.5, 0.6) is 0 Å². The summed E-state index contributed by atoms with van der Waals surface area (Å²) >= 11 is 5.89. The first kappa shape index (κ1) is 16.8. The average molecular weight is 312 g/mol. The highest BCUT2D eigenvalue weighted by Gasteiger charge is 2.25. The number of halogens is 4. The third-order valence-corrected chi connectivity index (χ3v) is 3.03. The maximum atomic E-state index is 12.0. The summed E-state index contributed by atoms with van der Waals surface area (Å²) in [5.74, 6) is 0. The van der Waals surface area contributed by atoms with Crippen molar-refractivity contribution in [1.82, 2.24) is 9.78 Å². The van der Waals surface area contributed by atoms with Gasteiger partial charge in [0.15, 0.2) is 0 Å². The van der Waals surface area contributed by atoms with Gasteiger partial charge in [-0.15, -0.1) is 0 Å². The van der Waals surface area contributed by atoms with E-state index in [1.54, 1.807) is 0 Å². The Morgan fingerprint density at radius 3 is 2.70 bits per heavy atom. The molecule has 0 fully saturated rings. The molecule has 0 amide bonds. The van der Waals surface area contributed by atoms with Gasteiger partial charge in [0.2, 0.25) is 0 Å². The molecule has 1 N–H and O–H groups in total. The van der Waals surface area contributed by atoms with Crippen LogP contribution in [0.1, 0.15) is 32.6 Å². The van der Waals surface area contributed by atoms with Crippen molar-refractivity contribution in [1.29, 1.82) is 0 Å². The van der Waals surface area contributed by atoms with Crippen LogP contribution in [0.25, 0.3) is 0 Å². The van der Waals surface area contributed by atoms with Gasteiger partial charge in [-0.2, -0.15) is 18.3 Å². The van der Waals surface area contributed by atoms with Gasteiger partial charge in [0.25, 0.3) is 5.56 Å². The zero-order valence-corrected chi connectivity index (χ0v) is 11.9. The predicted octanol–water partition coefficient (Wildman–Crippen LogP) is 3.45. The van der Waals surface area contributed by atoms with E-state index in [9.17, 15) is 18.0 Å². The number of rotatable bonds is 7. The van der Waals surface area contributed by atoms with Crippen LogP contribution in [0.4, 0.5) is 18.9 Å². The number of aromatic nitrogens is 2. The first-order valence-corrected chi connectivity index (χ1v) is 6.79. The van der Waals surface area contributed by atoms with Crippen LogP contribution in [0, 0.1) is 0 Å². The average Bonchev–Trinajstić information content (AvgIpc) is 2.37. The highest BCUT2D eigenvalue weighted by Crippen LogP contribution is 2.22. The van der Waals surface area contributed by atoms with Crippen molar-refractivity contribution < 1.29 is 13.2 Å². The van der Waals surface area contributed by atoms with E-state index in [2.05, 4.69) is 10.4 Å². The molecule has 0 saturated carbocycles. The van der Waals surface area contributed by atoms with E-state index >= 15 is 0 Å². The van der Waals surface area contributed by atoms with E-state index in [0.29, 0.717) is 6.54 Å². The molecule has 1 aromatic heterocycles. The fourth-order valence-electron chi connectivity index (χ4n) is 1.57. The molecule has 1 heterocycles. The molecule has 1 rings (SSSR count). The second kappa shape index (κ2) is 7.52. The van der Waals surface area contributed by atoms with E-state index in [0.717, 1.165) is 12.8 Å². The van der Waals surface area contributed by atoms with Crippen molar-refractivity contribution >= 4 is 17.3 Å². The van der Waals surface area contributed by atoms with Crippen molar-refractivity contribution in [3.05, 3.63) is 21.6 Å². The van der Waals surface area contributed by atoms with Gasteiger partial charge in [0, 0.05) is 19.5 Å². The van der Waals surface area contributed by atoms with Gasteiger partial charge in [-0.25, -0.2) is 4.68 Å². The fraction of sp³-hybridized carbons (Fsp3) is 0.667. The van der Waals surface area contributed by atoms with E-state index < -0.39 is 18.2 Å². The zero-order valence-electron chi connectivity index (χ0n) is 11.1. The van der Waals surface area contributed by atoms with E-state index in [1.165, 1.54) is 10.9 Å². The van der Waals surface area contributed by atoms with Crippen LogP contribution in [0.15, 0.2) is 11.0 Å². The van der Waals surface area contributed by atoms with Crippen LogP contribution in [-0.2, 0) is 6.54 Å². The molecular formula is C12H17ClF3N3O. The molecule has 20 heavy (non-hydrogen) atoms. The summed E-state index contributed by atoms with van der Waals surface area (Å²) in [5.41, 5.74) is -0.160. The lowest BCUT2D eigenvalue weighted by molar-refractivity contribution is -0.134. The molecule has 8 heteroatoms. The van der Waals surface area contributed by atoms with Gasteiger partial charge >= 0.3 is 6.18 Å². The van der Waals surface area contributed by atoms with E-state index in [1.807, 2.05) is 6.92 Å². The number of unbranched alkanes of at least 4 members (excludes halogenated alkanes) is 1. The smallest absolute Gasteiger partial charge is 0.382 e. The topological polar surface area (TPSA) is 46.9 Å². The van der Waals surface area contributed by atoms with Crippen LogP contribution in [0.3, 0.4) is 0 Å². The number of nitrogens with one attached hydrogen (secondary N) is 1. The van der Waals surface area contributed by atoms with Crippen LogP contribution < -0.4 is 10.9 Å². The summed E-state index contributed by atoms with van der Waals surface area (Å²) in [6.45, 7) is 2.55. The largest absolute Gasteiger partial charge is 0.389 e. The highest BCUT2D eigenvalue weighted by molar-refractivity contribution is 6.32. The third-order valence-electron chi connectivity index (χ3n) is 2.66. The van der Waals surface area contributed by atoms with Crippen molar-refractivity contribution in [2.24, 2.45) is 0 Å². The molecule has 0 atom stereocenters. The first-order chi connectivity index (χ1) is 9.35. The molecule has 0 saturated heterocycles. The number of alkyl halides is 3. The maximum Gasteiger partial charge on any atom is 0.389 e. The van der Waals surface area contributed by atoms with Crippen molar-refractivity contribution in [3.8, 4) is 0 Å². The van der Waals surface area contributed by atoms with E-state index in [-0.39, 0.29) is 23.7 Å². The molecule has 0 unspecified atom stereocenters. The molecular weight excluding hydrogens is 295 g/mol. The normalized spacial score (nSPS) is 11.7. The summed E-state index contributed by atoms with van der Waals surface area (Å²) in [6, 6.07) is 0. The van der Waals surface area contributed by atoms with Gasteiger partial charge < -0.3 is 5.32 Å². The Bertz CT molecular complexity index is 488. The Morgan fingerprint density at radius 2 is 2.10 bits per heavy atom. The third kappa shape index (κ3) is 5.40. The summed E-state index contributed by atoms with van der Waals surface area (Å²) in [7, 11) is 0. The predicted molar refractivity (Wildman–Crippen MR) is 72.2 cm³/mol. The Labute approximate surface area is 119 Å². The van der Waals surface area contributed by atoms with Gasteiger partial charge in [-0.1, -0.05) is 24.9 Å². The van der Waals surface area contributed by atoms with Gasteiger partial charge in [0.1, 0.15) is 5.02 Å². The fourth-order valence-corrected chi connectivity index (χ4v) is 1.78. The molecule has 0 bridgehead atoms. The minimum Gasteiger partial charge on any atom is -0.382 e. The second-order valence-electron chi connectivity index (χ2n) is 4.40. The molecule has 0 spiro atoms. The Kier molecular flexibility index (Phi) is 6.32. The van der Waals surface area contributed by atoms with Gasteiger partial charge in [-0.3, -0.25) is 4.79 Å². The van der Waals surface area contributed by atoms with Crippen LogP contribution >= 0.6 is 11.6 Å². The summed E-state index contributed by atoms with van der Waals surface area (Å²) in [5, 5.41) is 6.60. The molecule has 0 radical (unpaired) electrons. The lowest BCUT2D eigenvalue weighted by Crippen LogP contribution is -2.24. The molecule has 4 nitrogen and oxygen atoms in total. The summed E-state index contributed by atoms with van der Waals surface area (Å²) < 4.78 is 37.2. The molecule has 0 aromatic carbocycles. The summed E-state index contributed by atoms with van der Waals surface area (Å²) in [6.07, 6.45) is -2.04. The lowest BCUT2D eigenvalue weighted by Gasteiger charge is -2.10. The van der Waals surface area contributed by atoms with Crippen molar-refractivity contribution in [2.45, 2.75) is 45.3 Å². The first-order valence-electron chi connectivity index (χ1n) is 6.41. The number of nitrogens with zero attached hydrogens (tertiary/aromatic N) is 2. The molecule has 0 aliphatic carbocycles. The zero-order chi connectivity index (χ0) is 15.2. The second-order valence-corrected chi connectivity index (χ2v) is 4.78. The van der Waals surface area contributed by atoms with Crippen molar-refractivity contribution in [2.75, 3.05) is 11.9 Å². The Hall–Kier alpha value is -1.24. The Balaban J connectivity index is 2.59. The molecule has 1 aromatic rings. The number of hydrogen-bond donors (Lipinski definition) is 1. The lowest BCUT2D eigenvalue weighted by atomic mass is 10.3. The minimum absolute atomic E-state index is 0.0388. The van der Waals surface area contributed by atoms with E-state index in [4.69, 9.17) is 11.6 Å². The SMILES string of the molecule is CCCCn1ncc(NCCCC(F)(F)F)c(Cl)c1=O. The molecule has 0 aliphatic rings. The van der Waals surface area contributed by atoms with Crippen molar-refractivity contribution in [3.63, 3.8) is 0 Å². The number of anilines is 1. The monoisotopic (exact) mass is 311 g/mol. The minimum atomic E-state index is -4.17. The quantitative estimate of drug-likeness (QED) is 0.785. The van der Waals surface area contributed by atoms with Crippen LogP contribution in [0.2, 0.25) is 5.02 Å².